The first-order valence-electron chi connectivity index (χ1n) is 11.1. The number of nitrogens with zero attached hydrogens (tertiary/aromatic N) is 1. The van der Waals surface area contributed by atoms with Crippen LogP contribution in [0.5, 0.6) is 11.5 Å². The third kappa shape index (κ3) is 3.71. The molecule has 174 valence electrons. The van der Waals surface area contributed by atoms with Crippen LogP contribution in [0, 0.1) is 6.92 Å². The van der Waals surface area contributed by atoms with E-state index in [4.69, 9.17) is 9.26 Å². The lowest BCUT2D eigenvalue weighted by Gasteiger charge is -2.34. The summed E-state index contributed by atoms with van der Waals surface area (Å²) in [5.41, 5.74) is 5.65. The quantitative estimate of drug-likeness (QED) is 0.522. The molecule has 5 rings (SSSR count). The van der Waals surface area contributed by atoms with Gasteiger partial charge in [-0.05, 0) is 54.7 Å². The monoisotopic (exact) mass is 459 g/mol. The van der Waals surface area contributed by atoms with Crippen molar-refractivity contribution in [2.75, 3.05) is 17.7 Å². The number of fused-ring (bicyclic) bond motifs is 1. The van der Waals surface area contributed by atoms with Gasteiger partial charge < -0.3 is 25.0 Å². The first-order valence-corrected chi connectivity index (χ1v) is 11.1. The number of ketones is 1. The summed E-state index contributed by atoms with van der Waals surface area (Å²) in [6.45, 7) is 3.33. The zero-order valence-electron chi connectivity index (χ0n) is 19.1. The van der Waals surface area contributed by atoms with Crippen LogP contribution in [0.4, 0.5) is 11.6 Å². The van der Waals surface area contributed by atoms with Gasteiger partial charge >= 0.3 is 0 Å². The molecule has 1 aromatic heterocycles. The minimum absolute atomic E-state index is 0.0491. The third-order valence-corrected chi connectivity index (χ3v) is 6.50. The van der Waals surface area contributed by atoms with Gasteiger partial charge in [0.1, 0.15) is 0 Å². The van der Waals surface area contributed by atoms with Gasteiger partial charge in [0.05, 0.1) is 18.4 Å². The highest BCUT2D eigenvalue weighted by Gasteiger charge is 2.41. The number of amides is 1. The number of phenols is 1. The average Bonchev–Trinajstić information content (AvgIpc) is 3.18. The van der Waals surface area contributed by atoms with Crippen molar-refractivity contribution < 1.29 is 24.0 Å². The summed E-state index contributed by atoms with van der Waals surface area (Å²) in [4.78, 5) is 25.0. The van der Waals surface area contributed by atoms with Crippen LogP contribution in [-0.2, 0) is 9.59 Å². The predicted molar refractivity (Wildman–Crippen MR) is 126 cm³/mol. The van der Waals surface area contributed by atoms with Gasteiger partial charge in [0.25, 0.3) is 0 Å². The molecule has 1 aliphatic heterocycles. The Bertz CT molecular complexity index is 1320. The molecule has 0 saturated heterocycles. The summed E-state index contributed by atoms with van der Waals surface area (Å²) in [6, 6.07) is 12.7. The standard InChI is InChI=1S/C26H25N3O5/c1-13-23-24(15-4-7-18(8-5-15)27-14(2)30)25-19(28-26(23)34-29-13)10-17(11-21(25)32)16-6-9-20(31)22(12-16)33-3/h4-9,12,17,24,28,31H,10-11H2,1-3H3,(H,27,30)/t17-,24-/m0/s1. The Kier molecular flexibility index (Phi) is 5.36. The van der Waals surface area contributed by atoms with Crippen molar-refractivity contribution in [2.45, 2.75) is 38.5 Å². The molecule has 0 fully saturated rings. The molecule has 2 heterocycles. The van der Waals surface area contributed by atoms with Gasteiger partial charge in [0.15, 0.2) is 17.3 Å². The highest BCUT2D eigenvalue weighted by Crippen LogP contribution is 2.49. The molecule has 2 aliphatic rings. The molecular formula is C26H25N3O5. The summed E-state index contributed by atoms with van der Waals surface area (Å²) in [5, 5.41) is 20.2. The molecule has 2 atom stereocenters. The molecule has 0 spiro atoms. The van der Waals surface area contributed by atoms with Crippen molar-refractivity contribution in [2.24, 2.45) is 0 Å². The molecule has 3 N–H and O–H groups in total. The molecule has 0 saturated carbocycles. The van der Waals surface area contributed by atoms with Gasteiger partial charge in [0.2, 0.25) is 11.8 Å². The van der Waals surface area contributed by atoms with E-state index in [-0.39, 0.29) is 29.3 Å². The van der Waals surface area contributed by atoms with Gasteiger partial charge in [-0.25, -0.2) is 0 Å². The van der Waals surface area contributed by atoms with Gasteiger partial charge in [-0.15, -0.1) is 0 Å². The van der Waals surface area contributed by atoms with E-state index in [2.05, 4.69) is 15.8 Å². The summed E-state index contributed by atoms with van der Waals surface area (Å²) in [7, 11) is 1.50. The van der Waals surface area contributed by atoms with Gasteiger partial charge in [0, 0.05) is 36.2 Å². The van der Waals surface area contributed by atoms with E-state index < -0.39 is 0 Å². The number of methoxy groups -OCH3 is 1. The number of aryl methyl sites for hydroxylation is 1. The van der Waals surface area contributed by atoms with E-state index in [9.17, 15) is 14.7 Å². The number of phenolic OH excluding ortho intramolecular Hbond substituents is 1. The van der Waals surface area contributed by atoms with Crippen molar-refractivity contribution in [1.82, 2.24) is 5.16 Å². The first-order chi connectivity index (χ1) is 16.4. The van der Waals surface area contributed by atoms with Crippen molar-refractivity contribution in [1.29, 1.82) is 0 Å². The van der Waals surface area contributed by atoms with Crippen molar-refractivity contribution >= 4 is 23.3 Å². The Labute approximate surface area is 196 Å². The number of benzene rings is 2. The average molecular weight is 460 g/mol. The number of allylic oxidation sites excluding steroid dienone is 2. The second kappa shape index (κ2) is 8.37. The van der Waals surface area contributed by atoms with Gasteiger partial charge in [-0.2, -0.15) is 0 Å². The van der Waals surface area contributed by atoms with Crippen LogP contribution in [0.15, 0.2) is 58.3 Å². The lowest BCUT2D eigenvalue weighted by molar-refractivity contribution is -0.116. The maximum absolute atomic E-state index is 13.6. The minimum atomic E-state index is -0.313. The van der Waals surface area contributed by atoms with Gasteiger partial charge in [-0.3, -0.25) is 9.59 Å². The van der Waals surface area contributed by atoms with Crippen molar-refractivity contribution in [3.63, 3.8) is 0 Å². The largest absolute Gasteiger partial charge is 0.504 e. The third-order valence-electron chi connectivity index (χ3n) is 6.50. The Morgan fingerprint density at radius 2 is 1.91 bits per heavy atom. The minimum Gasteiger partial charge on any atom is -0.504 e. The zero-order chi connectivity index (χ0) is 24.0. The molecule has 2 aromatic carbocycles. The van der Waals surface area contributed by atoms with Gasteiger partial charge in [-0.1, -0.05) is 23.4 Å². The molecular weight excluding hydrogens is 434 g/mol. The highest BCUT2D eigenvalue weighted by molar-refractivity contribution is 6.01. The first kappa shape index (κ1) is 21.8. The number of aromatic hydroxyl groups is 1. The highest BCUT2D eigenvalue weighted by atomic mass is 16.5. The molecule has 8 nitrogen and oxygen atoms in total. The number of carbonyl (C=O) groups excluding carboxylic acids is 2. The number of aromatic nitrogens is 1. The Balaban J connectivity index is 1.55. The number of rotatable bonds is 4. The van der Waals surface area contributed by atoms with E-state index >= 15 is 0 Å². The summed E-state index contributed by atoms with van der Waals surface area (Å²) >= 11 is 0. The van der Waals surface area contributed by atoms with E-state index in [1.807, 2.05) is 37.3 Å². The van der Waals surface area contributed by atoms with Crippen LogP contribution in [0.1, 0.15) is 54.0 Å². The molecule has 3 aromatic rings. The van der Waals surface area contributed by atoms with Crippen LogP contribution >= 0.6 is 0 Å². The maximum atomic E-state index is 13.6. The molecule has 1 amide bonds. The van der Waals surface area contributed by atoms with E-state index in [0.717, 1.165) is 28.1 Å². The van der Waals surface area contributed by atoms with Crippen molar-refractivity contribution in [3.05, 3.63) is 76.1 Å². The Morgan fingerprint density at radius 3 is 2.62 bits per heavy atom. The number of hydrogen-bond acceptors (Lipinski definition) is 7. The lowest BCUT2D eigenvalue weighted by atomic mass is 9.72. The SMILES string of the molecule is COc1cc([C@@H]2CC(=O)C3=C(C2)Nc2onc(C)c2[C@@H]3c2ccc(NC(C)=O)cc2)ccc1O. The number of ether oxygens (including phenoxy) is 1. The lowest BCUT2D eigenvalue weighted by Crippen LogP contribution is -2.29. The number of anilines is 2. The smallest absolute Gasteiger partial charge is 0.233 e. The van der Waals surface area contributed by atoms with Crippen LogP contribution in [0.25, 0.3) is 0 Å². The maximum Gasteiger partial charge on any atom is 0.233 e. The second-order valence-corrected chi connectivity index (χ2v) is 8.72. The number of nitrogens with one attached hydrogen (secondary N) is 2. The molecule has 0 radical (unpaired) electrons. The number of hydrogen-bond donors (Lipinski definition) is 3. The Morgan fingerprint density at radius 1 is 1.18 bits per heavy atom. The van der Waals surface area contributed by atoms with E-state index in [1.165, 1.54) is 14.0 Å². The van der Waals surface area contributed by atoms with Crippen LogP contribution in [0.3, 0.4) is 0 Å². The molecule has 8 heteroatoms. The fraction of sp³-hybridized carbons (Fsp3) is 0.269. The van der Waals surface area contributed by atoms with Crippen LogP contribution < -0.4 is 15.4 Å². The summed E-state index contributed by atoms with van der Waals surface area (Å²) in [6.07, 6.45) is 0.948. The zero-order valence-corrected chi connectivity index (χ0v) is 19.1. The normalized spacial score (nSPS) is 19.2. The van der Waals surface area contributed by atoms with E-state index in [1.54, 1.807) is 12.1 Å². The predicted octanol–water partition coefficient (Wildman–Crippen LogP) is 4.61. The van der Waals surface area contributed by atoms with Crippen LogP contribution in [-0.4, -0.2) is 29.1 Å². The molecule has 0 bridgehead atoms. The molecule has 1 aliphatic carbocycles. The van der Waals surface area contributed by atoms with Crippen LogP contribution in [0.2, 0.25) is 0 Å². The summed E-state index contributed by atoms with van der Waals surface area (Å²) in [5.74, 6) is 0.515. The fourth-order valence-corrected chi connectivity index (χ4v) is 4.95. The Hall–Kier alpha value is -4.07. The van der Waals surface area contributed by atoms with E-state index in [0.29, 0.717) is 35.7 Å². The number of Topliss-reactive ketones (excluding diaryl/α,β-unsaturated/α-hetero) is 1. The molecule has 34 heavy (non-hydrogen) atoms. The second-order valence-electron chi connectivity index (χ2n) is 8.72. The molecule has 0 unspecified atom stereocenters. The van der Waals surface area contributed by atoms with Crippen molar-refractivity contribution in [3.8, 4) is 11.5 Å². The fourth-order valence-electron chi connectivity index (χ4n) is 4.95. The topological polar surface area (TPSA) is 114 Å². The number of carbonyl (C=O) groups is 2. The summed E-state index contributed by atoms with van der Waals surface area (Å²) < 4.78 is 10.8.